The number of pyridine rings is 1. The average molecular weight is 408 g/mol. The highest BCUT2D eigenvalue weighted by molar-refractivity contribution is 6.15. The molecule has 2 heterocycles. The lowest BCUT2D eigenvalue weighted by Gasteiger charge is -2.37. The number of nitrogens with zero attached hydrogens (tertiary/aromatic N) is 1. The summed E-state index contributed by atoms with van der Waals surface area (Å²) < 4.78 is 4.89. The number of carboxylic acid groups (broad SMARTS) is 1. The molecule has 2 atom stereocenters. The van der Waals surface area contributed by atoms with Crippen molar-refractivity contribution in [3.63, 3.8) is 0 Å². The van der Waals surface area contributed by atoms with E-state index in [1.165, 1.54) is 18.4 Å². The minimum atomic E-state index is -0.973. The minimum Gasteiger partial charge on any atom is -0.468 e. The zero-order valence-corrected chi connectivity index (χ0v) is 17.0. The number of carbonyl (C=O) groups excluding carboxylic acids is 1. The summed E-state index contributed by atoms with van der Waals surface area (Å²) in [5, 5.41) is 9.33. The number of piperidine rings is 1. The number of halogens is 1. The van der Waals surface area contributed by atoms with Gasteiger partial charge in [0.2, 0.25) is 0 Å². The van der Waals surface area contributed by atoms with Crippen LogP contribution in [0.2, 0.25) is 0 Å². The van der Waals surface area contributed by atoms with Gasteiger partial charge in [-0.3, -0.25) is 4.79 Å². The van der Waals surface area contributed by atoms with Gasteiger partial charge in [-0.15, -0.1) is 11.6 Å². The number of hydrogen-bond donors (Lipinski definition) is 1. The van der Waals surface area contributed by atoms with Gasteiger partial charge in [0.25, 0.3) is 0 Å². The number of alkyl halides is 1. The van der Waals surface area contributed by atoms with Gasteiger partial charge in [0.1, 0.15) is 5.92 Å². The molecule has 2 aromatic rings. The van der Waals surface area contributed by atoms with Crippen molar-refractivity contribution >= 4 is 23.7 Å². The van der Waals surface area contributed by atoms with Gasteiger partial charge in [0.15, 0.2) is 12.4 Å². The molecule has 6 nitrogen and oxygen atoms in total. The monoisotopic (exact) mass is 407 g/mol. The first kappa shape index (κ1) is 23.4. The standard InChI is InChI=1S/C15H19NO4.C5H5N.CH3Cl/c1-20-14(17)13(11-7-3-2-4-8-11)12-9-5-6-10-16(12)15(18)19;1-2-4-6-5-3-1;1-2/h2-4,7-8,12-13H,5-6,9-10H2,1H3,(H,18,19);1-5H;1H3/p+1. The molecule has 7 heteroatoms. The lowest BCUT2D eigenvalue weighted by Crippen LogP contribution is -2.48. The number of ether oxygens (including phenoxy) is 1. The Balaban J connectivity index is 0.000000411. The maximum absolute atomic E-state index is 12.1. The quantitative estimate of drug-likeness (QED) is 0.619. The molecule has 1 fully saturated rings. The summed E-state index contributed by atoms with van der Waals surface area (Å²) in [4.78, 5) is 27.8. The molecule has 1 amide bonds. The molecule has 1 aliphatic heterocycles. The van der Waals surface area contributed by atoms with Crippen LogP contribution >= 0.6 is 11.6 Å². The number of carbonyl (C=O) groups is 2. The summed E-state index contributed by atoms with van der Waals surface area (Å²) in [6.07, 6.45) is 6.70. The van der Waals surface area contributed by atoms with Crippen molar-refractivity contribution < 1.29 is 24.4 Å². The first-order valence-corrected chi connectivity index (χ1v) is 9.82. The number of aromatic amines is 1. The molecular formula is C21H28ClN2O4+. The highest BCUT2D eigenvalue weighted by Crippen LogP contribution is 2.31. The fourth-order valence-corrected chi connectivity index (χ4v) is 3.19. The molecule has 2 unspecified atom stereocenters. The molecule has 3 rings (SSSR count). The molecule has 1 aromatic heterocycles. The van der Waals surface area contributed by atoms with E-state index in [9.17, 15) is 14.7 Å². The predicted molar refractivity (Wildman–Crippen MR) is 108 cm³/mol. The predicted octanol–water partition coefficient (Wildman–Crippen LogP) is 3.83. The van der Waals surface area contributed by atoms with Gasteiger partial charge in [-0.25, -0.2) is 9.78 Å². The molecular weight excluding hydrogens is 380 g/mol. The maximum atomic E-state index is 12.1. The van der Waals surface area contributed by atoms with Gasteiger partial charge in [-0.1, -0.05) is 36.4 Å². The van der Waals surface area contributed by atoms with Gasteiger partial charge in [0, 0.05) is 25.1 Å². The molecule has 0 aliphatic carbocycles. The van der Waals surface area contributed by atoms with E-state index in [0.29, 0.717) is 13.0 Å². The molecule has 2 N–H and O–H groups in total. The third-order valence-corrected chi connectivity index (χ3v) is 4.40. The highest BCUT2D eigenvalue weighted by atomic mass is 35.5. The van der Waals surface area contributed by atoms with E-state index in [4.69, 9.17) is 4.74 Å². The van der Waals surface area contributed by atoms with Crippen molar-refractivity contribution in [2.75, 3.05) is 20.0 Å². The highest BCUT2D eigenvalue weighted by Gasteiger charge is 2.38. The summed E-state index contributed by atoms with van der Waals surface area (Å²) in [5.74, 6) is -0.938. The number of nitrogens with one attached hydrogen (secondary N) is 1. The SMILES string of the molecule is CCl.COC(=O)C(c1ccccc1)C1CCCCN1C(=O)O.c1cc[nH+]cc1. The van der Waals surface area contributed by atoms with Crippen LogP contribution in [-0.4, -0.2) is 48.1 Å². The second kappa shape index (κ2) is 13.6. The van der Waals surface area contributed by atoms with E-state index < -0.39 is 12.0 Å². The summed E-state index contributed by atoms with van der Waals surface area (Å²) in [6, 6.07) is 14.8. The topological polar surface area (TPSA) is 81.0 Å². The molecule has 0 bridgehead atoms. The van der Waals surface area contributed by atoms with Crippen LogP contribution in [-0.2, 0) is 9.53 Å². The van der Waals surface area contributed by atoms with Crippen molar-refractivity contribution in [2.45, 2.75) is 31.2 Å². The molecule has 152 valence electrons. The number of rotatable bonds is 3. The van der Waals surface area contributed by atoms with Crippen LogP contribution in [0.25, 0.3) is 0 Å². The molecule has 0 radical (unpaired) electrons. The number of amides is 1. The lowest BCUT2D eigenvalue weighted by molar-refractivity contribution is -0.377. The fraction of sp³-hybridized carbons (Fsp3) is 0.381. The van der Waals surface area contributed by atoms with Gasteiger partial charge in [-0.05, 0) is 24.8 Å². The zero-order valence-electron chi connectivity index (χ0n) is 16.3. The maximum Gasteiger partial charge on any atom is 0.407 e. The summed E-state index contributed by atoms with van der Waals surface area (Å²) in [5.41, 5.74) is 0.803. The van der Waals surface area contributed by atoms with E-state index in [0.717, 1.165) is 18.4 Å². The Labute approximate surface area is 171 Å². The van der Waals surface area contributed by atoms with Crippen molar-refractivity contribution in [3.8, 4) is 0 Å². The van der Waals surface area contributed by atoms with Crippen LogP contribution in [0.3, 0.4) is 0 Å². The Bertz CT molecular complexity index is 659. The van der Waals surface area contributed by atoms with Crippen molar-refractivity contribution in [1.82, 2.24) is 4.90 Å². The molecule has 0 spiro atoms. The van der Waals surface area contributed by atoms with Gasteiger partial charge in [0.05, 0.1) is 13.2 Å². The van der Waals surface area contributed by atoms with E-state index >= 15 is 0 Å². The smallest absolute Gasteiger partial charge is 0.407 e. The second-order valence-electron chi connectivity index (χ2n) is 6.03. The molecule has 1 saturated heterocycles. The Hall–Kier alpha value is -2.60. The van der Waals surface area contributed by atoms with Crippen LogP contribution in [0.1, 0.15) is 30.7 Å². The average Bonchev–Trinajstić information content (AvgIpc) is 2.78. The molecule has 1 aromatic carbocycles. The Morgan fingerprint density at radius 3 is 2.18 bits per heavy atom. The number of hydrogen-bond acceptors (Lipinski definition) is 3. The summed E-state index contributed by atoms with van der Waals surface area (Å²) in [6.45, 7) is 0.473. The minimum absolute atomic E-state index is 0.351. The Morgan fingerprint density at radius 2 is 1.71 bits per heavy atom. The third kappa shape index (κ3) is 7.19. The van der Waals surface area contributed by atoms with Crippen LogP contribution in [0.15, 0.2) is 60.9 Å². The molecule has 1 aliphatic rings. The van der Waals surface area contributed by atoms with E-state index in [1.807, 2.05) is 60.9 Å². The first-order valence-electron chi connectivity index (χ1n) is 9.06. The van der Waals surface area contributed by atoms with Crippen LogP contribution in [0.5, 0.6) is 0 Å². The summed E-state index contributed by atoms with van der Waals surface area (Å²) in [7, 11) is 1.34. The first-order chi connectivity index (χ1) is 13.6. The largest absolute Gasteiger partial charge is 0.468 e. The number of methoxy groups -OCH3 is 1. The van der Waals surface area contributed by atoms with Crippen molar-refractivity contribution in [1.29, 1.82) is 0 Å². The van der Waals surface area contributed by atoms with Crippen LogP contribution in [0.4, 0.5) is 4.79 Å². The van der Waals surface area contributed by atoms with Crippen LogP contribution < -0.4 is 4.98 Å². The zero-order chi connectivity index (χ0) is 20.8. The Morgan fingerprint density at radius 1 is 1.11 bits per heavy atom. The van der Waals surface area contributed by atoms with E-state index in [2.05, 4.69) is 16.6 Å². The van der Waals surface area contributed by atoms with Gasteiger partial charge >= 0.3 is 12.1 Å². The van der Waals surface area contributed by atoms with Crippen molar-refractivity contribution in [3.05, 3.63) is 66.5 Å². The second-order valence-corrected chi connectivity index (χ2v) is 6.03. The third-order valence-electron chi connectivity index (χ3n) is 4.40. The Kier molecular flexibility index (Phi) is 11.3. The normalized spacial score (nSPS) is 16.4. The van der Waals surface area contributed by atoms with Gasteiger partial charge < -0.3 is 14.7 Å². The van der Waals surface area contributed by atoms with E-state index in [1.54, 1.807) is 0 Å². The van der Waals surface area contributed by atoms with Gasteiger partial charge in [-0.2, -0.15) is 0 Å². The number of likely N-dealkylation sites (tertiary alicyclic amines) is 1. The summed E-state index contributed by atoms with van der Waals surface area (Å²) >= 11 is 4.64. The van der Waals surface area contributed by atoms with E-state index in [-0.39, 0.29) is 12.0 Å². The lowest BCUT2D eigenvalue weighted by atomic mass is 9.85. The number of esters is 1. The van der Waals surface area contributed by atoms with Crippen LogP contribution in [0, 0.1) is 0 Å². The molecule has 28 heavy (non-hydrogen) atoms. The number of H-pyrrole nitrogens is 1. The fourth-order valence-electron chi connectivity index (χ4n) is 3.19. The number of benzene rings is 1. The molecule has 0 saturated carbocycles. The van der Waals surface area contributed by atoms with Crippen molar-refractivity contribution in [2.24, 2.45) is 0 Å². The number of aromatic nitrogens is 1.